The summed E-state index contributed by atoms with van der Waals surface area (Å²) in [6.45, 7) is 3.48. The van der Waals surface area contributed by atoms with Crippen molar-refractivity contribution >= 4 is 0 Å². The first-order valence-electron chi connectivity index (χ1n) is 9.07. The minimum absolute atomic E-state index is 0.261. The average molecular weight is 387 g/mol. The molecular formula is C20H20F3N5. The van der Waals surface area contributed by atoms with Crippen molar-refractivity contribution in [1.82, 2.24) is 25.0 Å². The number of hydrogen-bond donors (Lipinski definition) is 1. The van der Waals surface area contributed by atoms with Gasteiger partial charge in [0.05, 0.1) is 5.69 Å². The Hall–Kier alpha value is -2.71. The van der Waals surface area contributed by atoms with Crippen LogP contribution in [-0.2, 0) is 12.7 Å². The molecule has 28 heavy (non-hydrogen) atoms. The van der Waals surface area contributed by atoms with E-state index in [0.29, 0.717) is 5.69 Å². The molecular weight excluding hydrogens is 367 g/mol. The van der Waals surface area contributed by atoms with Crippen LogP contribution in [0.3, 0.4) is 0 Å². The van der Waals surface area contributed by atoms with E-state index in [1.165, 1.54) is 16.4 Å². The molecule has 1 aliphatic heterocycles. The fourth-order valence-corrected chi connectivity index (χ4v) is 3.46. The zero-order chi connectivity index (χ0) is 19.6. The van der Waals surface area contributed by atoms with Gasteiger partial charge < -0.3 is 5.32 Å². The lowest BCUT2D eigenvalue weighted by Crippen LogP contribution is -2.45. The van der Waals surface area contributed by atoms with E-state index >= 15 is 0 Å². The quantitative estimate of drug-likeness (QED) is 0.745. The monoisotopic (exact) mass is 387 g/mol. The van der Waals surface area contributed by atoms with Crippen molar-refractivity contribution < 1.29 is 13.2 Å². The van der Waals surface area contributed by atoms with Crippen LogP contribution in [0.5, 0.6) is 0 Å². The Labute approximate surface area is 160 Å². The van der Waals surface area contributed by atoms with Gasteiger partial charge in [0, 0.05) is 50.8 Å². The standard InChI is InChI=1S/C20H20F3N5/c21-20(22,23)19-7-11-28(26-19)17-3-1-15(2-4-17)14-27-12-10-25-13-18(27)16-5-8-24-9-6-16/h1-9,11,18,25H,10,12-14H2. The molecule has 1 aliphatic rings. The third kappa shape index (κ3) is 4.07. The third-order valence-electron chi connectivity index (χ3n) is 4.91. The summed E-state index contributed by atoms with van der Waals surface area (Å²) >= 11 is 0. The summed E-state index contributed by atoms with van der Waals surface area (Å²) in [5.41, 5.74) is 2.03. The number of rotatable bonds is 4. The number of halogens is 3. The Bertz CT molecular complexity index is 906. The summed E-state index contributed by atoms with van der Waals surface area (Å²) in [6.07, 6.45) is 0.496. The zero-order valence-corrected chi connectivity index (χ0v) is 15.1. The van der Waals surface area contributed by atoms with Crippen LogP contribution in [0.15, 0.2) is 61.1 Å². The summed E-state index contributed by atoms with van der Waals surface area (Å²) in [4.78, 5) is 6.49. The molecule has 5 nitrogen and oxygen atoms in total. The molecule has 146 valence electrons. The Morgan fingerprint density at radius 3 is 2.46 bits per heavy atom. The highest BCUT2D eigenvalue weighted by Crippen LogP contribution is 2.28. The molecule has 1 aromatic carbocycles. The van der Waals surface area contributed by atoms with Crippen molar-refractivity contribution in [2.24, 2.45) is 0 Å². The van der Waals surface area contributed by atoms with Crippen molar-refractivity contribution in [2.45, 2.75) is 18.8 Å². The van der Waals surface area contributed by atoms with E-state index < -0.39 is 11.9 Å². The van der Waals surface area contributed by atoms with Crippen molar-refractivity contribution in [3.8, 4) is 5.69 Å². The van der Waals surface area contributed by atoms with Gasteiger partial charge in [-0.2, -0.15) is 18.3 Å². The number of nitrogens with one attached hydrogen (secondary N) is 1. The van der Waals surface area contributed by atoms with Crippen LogP contribution in [0.1, 0.15) is 22.9 Å². The second-order valence-corrected chi connectivity index (χ2v) is 6.78. The van der Waals surface area contributed by atoms with E-state index in [1.54, 1.807) is 24.5 Å². The van der Waals surface area contributed by atoms with E-state index in [9.17, 15) is 13.2 Å². The lowest BCUT2D eigenvalue weighted by molar-refractivity contribution is -0.141. The predicted molar refractivity (Wildman–Crippen MR) is 98.8 cm³/mol. The molecule has 1 atom stereocenters. The highest BCUT2D eigenvalue weighted by Gasteiger charge is 2.33. The van der Waals surface area contributed by atoms with E-state index in [2.05, 4.69) is 20.3 Å². The molecule has 0 amide bonds. The van der Waals surface area contributed by atoms with E-state index in [1.807, 2.05) is 24.3 Å². The topological polar surface area (TPSA) is 46.0 Å². The lowest BCUT2D eigenvalue weighted by atomic mass is 10.0. The Morgan fingerprint density at radius 1 is 1.04 bits per heavy atom. The molecule has 1 N–H and O–H groups in total. The fraction of sp³-hybridized carbons (Fsp3) is 0.300. The predicted octanol–water partition coefficient (Wildman–Crippen LogP) is 3.43. The number of hydrogen-bond acceptors (Lipinski definition) is 4. The molecule has 0 radical (unpaired) electrons. The maximum Gasteiger partial charge on any atom is 0.435 e. The molecule has 0 spiro atoms. The molecule has 1 fully saturated rings. The molecule has 8 heteroatoms. The van der Waals surface area contributed by atoms with Gasteiger partial charge in [-0.1, -0.05) is 12.1 Å². The summed E-state index contributed by atoms with van der Waals surface area (Å²) < 4.78 is 39.4. The van der Waals surface area contributed by atoms with Gasteiger partial charge >= 0.3 is 6.18 Å². The number of alkyl halides is 3. The number of aromatic nitrogens is 3. The Morgan fingerprint density at radius 2 is 1.79 bits per heavy atom. The molecule has 4 rings (SSSR count). The molecule has 3 aromatic rings. The van der Waals surface area contributed by atoms with Gasteiger partial charge in [0.25, 0.3) is 0 Å². The molecule has 2 aromatic heterocycles. The SMILES string of the molecule is FC(F)(F)c1ccn(-c2ccc(CN3CCNCC3c3ccncc3)cc2)n1. The van der Waals surface area contributed by atoms with Gasteiger partial charge in [-0.15, -0.1) is 0 Å². The van der Waals surface area contributed by atoms with Crippen molar-refractivity contribution in [3.63, 3.8) is 0 Å². The maximum absolute atomic E-state index is 12.7. The first kappa shape index (κ1) is 18.6. The average Bonchev–Trinajstić information content (AvgIpc) is 3.21. The molecule has 1 saturated heterocycles. The Balaban J connectivity index is 1.48. The van der Waals surface area contributed by atoms with Crippen LogP contribution in [0, 0.1) is 0 Å². The summed E-state index contributed by atoms with van der Waals surface area (Å²) in [6, 6.07) is 12.8. The fourth-order valence-electron chi connectivity index (χ4n) is 3.46. The smallest absolute Gasteiger partial charge is 0.314 e. The summed E-state index contributed by atoms with van der Waals surface area (Å²) in [7, 11) is 0. The first-order chi connectivity index (χ1) is 13.5. The number of pyridine rings is 1. The van der Waals surface area contributed by atoms with Crippen LogP contribution < -0.4 is 5.32 Å². The van der Waals surface area contributed by atoms with Crippen LogP contribution >= 0.6 is 0 Å². The van der Waals surface area contributed by atoms with Crippen LogP contribution in [-0.4, -0.2) is 39.3 Å². The van der Waals surface area contributed by atoms with Crippen LogP contribution in [0.4, 0.5) is 13.2 Å². The Kier molecular flexibility index (Phi) is 5.15. The minimum atomic E-state index is -4.44. The second kappa shape index (κ2) is 7.73. The van der Waals surface area contributed by atoms with Gasteiger partial charge in [-0.05, 0) is 41.5 Å². The molecule has 0 bridgehead atoms. The maximum atomic E-state index is 12.7. The van der Waals surface area contributed by atoms with Crippen molar-refractivity contribution in [1.29, 1.82) is 0 Å². The number of piperazine rings is 1. The largest absolute Gasteiger partial charge is 0.435 e. The molecule has 1 unspecified atom stereocenters. The van der Waals surface area contributed by atoms with Crippen LogP contribution in [0.2, 0.25) is 0 Å². The normalized spacial score (nSPS) is 18.3. The highest BCUT2D eigenvalue weighted by molar-refractivity contribution is 5.34. The first-order valence-corrected chi connectivity index (χ1v) is 9.07. The van der Waals surface area contributed by atoms with Crippen LogP contribution in [0.25, 0.3) is 5.69 Å². The second-order valence-electron chi connectivity index (χ2n) is 6.78. The molecule has 3 heterocycles. The summed E-state index contributed by atoms with van der Waals surface area (Å²) in [5, 5.41) is 7.04. The van der Waals surface area contributed by atoms with Crippen molar-refractivity contribution in [3.05, 3.63) is 77.9 Å². The van der Waals surface area contributed by atoms with Gasteiger partial charge in [0.1, 0.15) is 0 Å². The number of benzene rings is 1. The van der Waals surface area contributed by atoms with Gasteiger partial charge in [0.2, 0.25) is 0 Å². The van der Waals surface area contributed by atoms with E-state index in [0.717, 1.165) is 37.8 Å². The van der Waals surface area contributed by atoms with Gasteiger partial charge in [0.15, 0.2) is 5.69 Å². The van der Waals surface area contributed by atoms with E-state index in [4.69, 9.17) is 0 Å². The minimum Gasteiger partial charge on any atom is -0.314 e. The molecule has 0 saturated carbocycles. The lowest BCUT2D eigenvalue weighted by Gasteiger charge is -2.36. The highest BCUT2D eigenvalue weighted by atomic mass is 19.4. The number of nitrogens with zero attached hydrogens (tertiary/aromatic N) is 4. The van der Waals surface area contributed by atoms with Gasteiger partial charge in [-0.3, -0.25) is 9.88 Å². The third-order valence-corrected chi connectivity index (χ3v) is 4.91. The van der Waals surface area contributed by atoms with E-state index in [-0.39, 0.29) is 6.04 Å². The van der Waals surface area contributed by atoms with Crippen molar-refractivity contribution in [2.75, 3.05) is 19.6 Å². The van der Waals surface area contributed by atoms with Gasteiger partial charge in [-0.25, -0.2) is 4.68 Å². The molecule has 0 aliphatic carbocycles. The summed E-state index contributed by atoms with van der Waals surface area (Å²) in [5.74, 6) is 0. The zero-order valence-electron chi connectivity index (χ0n) is 15.1.